The van der Waals surface area contributed by atoms with Gasteiger partial charge in [0.05, 0.1) is 10.6 Å². The smallest absolute Gasteiger partial charge is 0.266 e. The topological polar surface area (TPSA) is 84.0 Å². The molecule has 0 saturated carbocycles. The zero-order chi connectivity index (χ0) is 20.6. The molecular weight excluding hydrogens is 372 g/mol. The molecule has 6 nitrogen and oxygen atoms in total. The van der Waals surface area contributed by atoms with Gasteiger partial charge in [-0.3, -0.25) is 9.59 Å². The number of carbonyl (C=O) groups excluding carboxylic acids is 2. The Bertz CT molecular complexity index is 1080. The minimum Gasteiger partial charge on any atom is -0.326 e. The number of fused-ring (bicyclic) bond motifs is 1. The van der Waals surface area contributed by atoms with E-state index in [-0.39, 0.29) is 17.2 Å². The van der Waals surface area contributed by atoms with Crippen LogP contribution in [0.4, 0.5) is 11.4 Å². The van der Waals surface area contributed by atoms with Crippen molar-refractivity contribution in [2.24, 2.45) is 0 Å². The van der Waals surface area contributed by atoms with Gasteiger partial charge < -0.3 is 10.6 Å². The maximum Gasteiger partial charge on any atom is 0.266 e. The van der Waals surface area contributed by atoms with Crippen LogP contribution in [0.25, 0.3) is 10.2 Å². The molecule has 146 valence electrons. The van der Waals surface area contributed by atoms with E-state index in [2.05, 4.69) is 36.4 Å². The molecular formula is C21H24N4O2S. The minimum atomic E-state index is -0.197. The lowest BCUT2D eigenvalue weighted by Crippen LogP contribution is -2.16. The summed E-state index contributed by atoms with van der Waals surface area (Å²) in [6.45, 7) is 11.5. The van der Waals surface area contributed by atoms with E-state index in [0.717, 1.165) is 27.3 Å². The highest BCUT2D eigenvalue weighted by Gasteiger charge is 2.23. The first-order chi connectivity index (χ1) is 13.1. The largest absolute Gasteiger partial charge is 0.326 e. The van der Waals surface area contributed by atoms with Gasteiger partial charge in [-0.15, -0.1) is 11.3 Å². The second-order valence-electron chi connectivity index (χ2n) is 7.84. The number of anilines is 2. The lowest BCUT2D eigenvalue weighted by molar-refractivity contribution is -0.114. The van der Waals surface area contributed by atoms with Gasteiger partial charge >= 0.3 is 0 Å². The Morgan fingerprint density at radius 2 is 1.68 bits per heavy atom. The van der Waals surface area contributed by atoms with Crippen molar-refractivity contribution in [3.05, 3.63) is 46.2 Å². The van der Waals surface area contributed by atoms with Gasteiger partial charge in [0.2, 0.25) is 5.91 Å². The van der Waals surface area contributed by atoms with Crippen molar-refractivity contribution in [1.29, 1.82) is 0 Å². The van der Waals surface area contributed by atoms with Gasteiger partial charge in [-0.05, 0) is 37.6 Å². The monoisotopic (exact) mass is 396 g/mol. The average molecular weight is 397 g/mol. The molecule has 0 radical (unpaired) electrons. The van der Waals surface area contributed by atoms with Crippen LogP contribution in [-0.4, -0.2) is 21.8 Å². The summed E-state index contributed by atoms with van der Waals surface area (Å²) >= 11 is 1.38. The van der Waals surface area contributed by atoms with Crippen LogP contribution in [0.3, 0.4) is 0 Å². The summed E-state index contributed by atoms with van der Waals surface area (Å²) in [4.78, 5) is 34.9. The molecule has 0 atom stereocenters. The van der Waals surface area contributed by atoms with Crippen molar-refractivity contribution < 1.29 is 9.59 Å². The number of benzene rings is 1. The highest BCUT2D eigenvalue weighted by molar-refractivity contribution is 7.20. The summed E-state index contributed by atoms with van der Waals surface area (Å²) < 4.78 is 0. The van der Waals surface area contributed by atoms with Crippen molar-refractivity contribution in [3.8, 4) is 0 Å². The van der Waals surface area contributed by atoms with Crippen molar-refractivity contribution in [1.82, 2.24) is 9.97 Å². The highest BCUT2D eigenvalue weighted by Crippen LogP contribution is 2.33. The van der Waals surface area contributed by atoms with Crippen LogP contribution in [-0.2, 0) is 10.2 Å². The summed E-state index contributed by atoms with van der Waals surface area (Å²) in [5, 5.41) is 6.56. The van der Waals surface area contributed by atoms with E-state index in [1.165, 1.54) is 18.3 Å². The molecule has 0 saturated heterocycles. The summed E-state index contributed by atoms with van der Waals surface area (Å²) in [5.74, 6) is 0.415. The van der Waals surface area contributed by atoms with E-state index in [4.69, 9.17) is 4.98 Å². The second kappa shape index (κ2) is 7.31. The Hall–Kier alpha value is -2.80. The number of aromatic nitrogens is 2. The van der Waals surface area contributed by atoms with Gasteiger partial charge in [-0.2, -0.15) is 0 Å². The fourth-order valence-corrected chi connectivity index (χ4v) is 4.08. The second-order valence-corrected chi connectivity index (χ2v) is 8.83. The number of nitrogens with zero attached hydrogens (tertiary/aromatic N) is 2. The third kappa shape index (κ3) is 4.04. The Kier molecular flexibility index (Phi) is 5.21. The van der Waals surface area contributed by atoms with Gasteiger partial charge in [-0.1, -0.05) is 26.8 Å². The number of hydrogen-bond donors (Lipinski definition) is 2. The Morgan fingerprint density at radius 3 is 2.29 bits per heavy atom. The van der Waals surface area contributed by atoms with Gasteiger partial charge in [-0.25, -0.2) is 9.97 Å². The molecule has 0 spiro atoms. The Morgan fingerprint density at radius 1 is 1.04 bits per heavy atom. The first kappa shape index (κ1) is 19.9. The zero-order valence-corrected chi connectivity index (χ0v) is 17.7. The van der Waals surface area contributed by atoms with Gasteiger partial charge in [0.15, 0.2) is 0 Å². The molecule has 2 amide bonds. The summed E-state index contributed by atoms with van der Waals surface area (Å²) in [6.07, 6.45) is 0. The van der Waals surface area contributed by atoms with Crippen LogP contribution < -0.4 is 10.6 Å². The van der Waals surface area contributed by atoms with Gasteiger partial charge in [0.1, 0.15) is 10.7 Å². The van der Waals surface area contributed by atoms with Crippen LogP contribution in [0.1, 0.15) is 54.4 Å². The normalized spacial score (nSPS) is 11.5. The zero-order valence-electron chi connectivity index (χ0n) is 16.9. The van der Waals surface area contributed by atoms with Crippen molar-refractivity contribution in [2.75, 3.05) is 10.6 Å². The van der Waals surface area contributed by atoms with Crippen molar-refractivity contribution in [2.45, 2.75) is 47.0 Å². The third-order valence-electron chi connectivity index (χ3n) is 4.29. The van der Waals surface area contributed by atoms with Crippen LogP contribution in [0.5, 0.6) is 0 Å². The molecule has 0 aliphatic heterocycles. The fourth-order valence-electron chi connectivity index (χ4n) is 2.96. The summed E-state index contributed by atoms with van der Waals surface area (Å²) in [6, 6.07) is 7.07. The predicted molar refractivity (Wildman–Crippen MR) is 114 cm³/mol. The van der Waals surface area contributed by atoms with E-state index < -0.39 is 0 Å². The van der Waals surface area contributed by atoms with Crippen LogP contribution in [0.15, 0.2) is 24.3 Å². The maximum atomic E-state index is 12.9. The standard InChI is InChI=1S/C21H24N4O2S/c1-11-16-12(2)22-20(21(4,5)6)25-19(16)28-17(11)18(27)24-15-9-7-8-14(10-15)23-13(3)26/h7-10H,1-6H3,(H,23,26)(H,24,27). The number of hydrogen-bond acceptors (Lipinski definition) is 5. The summed E-state index contributed by atoms with van der Waals surface area (Å²) in [5.41, 5.74) is 2.86. The van der Waals surface area contributed by atoms with E-state index in [0.29, 0.717) is 16.3 Å². The molecule has 0 unspecified atom stereocenters. The molecule has 2 N–H and O–H groups in total. The molecule has 3 rings (SSSR count). The van der Waals surface area contributed by atoms with E-state index in [9.17, 15) is 9.59 Å². The molecule has 2 heterocycles. The van der Waals surface area contributed by atoms with E-state index in [1.54, 1.807) is 24.3 Å². The molecule has 28 heavy (non-hydrogen) atoms. The van der Waals surface area contributed by atoms with Crippen molar-refractivity contribution in [3.63, 3.8) is 0 Å². The quantitative estimate of drug-likeness (QED) is 0.665. The molecule has 1 aromatic carbocycles. The van der Waals surface area contributed by atoms with E-state index in [1.807, 2.05) is 13.8 Å². The molecule has 0 fully saturated rings. The van der Waals surface area contributed by atoms with Gasteiger partial charge in [0, 0.05) is 29.1 Å². The lowest BCUT2D eigenvalue weighted by Gasteiger charge is -2.16. The molecule has 7 heteroatoms. The molecule has 2 aromatic heterocycles. The Balaban J connectivity index is 1.95. The van der Waals surface area contributed by atoms with Gasteiger partial charge in [0.25, 0.3) is 5.91 Å². The number of amides is 2. The van der Waals surface area contributed by atoms with Crippen LogP contribution in [0, 0.1) is 13.8 Å². The number of carbonyl (C=O) groups is 2. The fraction of sp³-hybridized carbons (Fsp3) is 0.333. The molecule has 0 aliphatic rings. The Labute approximate surface area is 168 Å². The van der Waals surface area contributed by atoms with Crippen molar-refractivity contribution >= 4 is 44.7 Å². The SMILES string of the molecule is CC(=O)Nc1cccc(NC(=O)c2sc3nc(C(C)(C)C)nc(C)c3c2C)c1. The van der Waals surface area contributed by atoms with Crippen LogP contribution >= 0.6 is 11.3 Å². The summed E-state index contributed by atoms with van der Waals surface area (Å²) in [7, 11) is 0. The molecule has 0 aliphatic carbocycles. The lowest BCUT2D eigenvalue weighted by atomic mass is 9.95. The number of rotatable bonds is 3. The average Bonchev–Trinajstić information content (AvgIpc) is 2.91. The molecule has 3 aromatic rings. The number of nitrogens with one attached hydrogen (secondary N) is 2. The minimum absolute atomic E-state index is 0.160. The first-order valence-corrected chi connectivity index (χ1v) is 9.85. The van der Waals surface area contributed by atoms with E-state index >= 15 is 0 Å². The van der Waals surface area contributed by atoms with Crippen LogP contribution in [0.2, 0.25) is 0 Å². The third-order valence-corrected chi connectivity index (χ3v) is 5.47. The first-order valence-electron chi connectivity index (χ1n) is 9.03. The number of thiophene rings is 1. The predicted octanol–water partition coefficient (Wildman–Crippen LogP) is 4.82. The molecule has 0 bridgehead atoms. The maximum absolute atomic E-state index is 12.9. The highest BCUT2D eigenvalue weighted by atomic mass is 32.1. The number of aryl methyl sites for hydroxylation is 2.